The Hall–Kier alpha value is -2.18. The van der Waals surface area contributed by atoms with Crippen LogP contribution in [0.2, 0.25) is 0 Å². The molecule has 0 bridgehead atoms. The van der Waals surface area contributed by atoms with Crippen LogP contribution < -0.4 is 10.6 Å². The molecule has 128 valence electrons. The molecule has 2 N–H and O–H groups in total. The lowest BCUT2D eigenvalue weighted by Crippen LogP contribution is -2.19. The lowest BCUT2D eigenvalue weighted by atomic mass is 10.1. The molecule has 0 unspecified atom stereocenters. The monoisotopic (exact) mass is 414 g/mol. The van der Waals surface area contributed by atoms with E-state index in [0.29, 0.717) is 11.7 Å². The molecule has 0 saturated heterocycles. The number of aromatic nitrogens is 2. The van der Waals surface area contributed by atoms with E-state index >= 15 is 0 Å². The Morgan fingerprint density at radius 3 is 2.40 bits per heavy atom. The van der Waals surface area contributed by atoms with Crippen molar-refractivity contribution >= 4 is 44.8 Å². The average molecular weight is 415 g/mol. The molecular weight excluding hydrogens is 396 g/mol. The number of hydrogen-bond acceptors (Lipinski definition) is 2. The molecule has 0 radical (unpaired) electrons. The van der Waals surface area contributed by atoms with Crippen LogP contribution in [0, 0.1) is 13.8 Å². The molecule has 4 nitrogen and oxygen atoms in total. The molecule has 1 heterocycles. The van der Waals surface area contributed by atoms with Crippen molar-refractivity contribution in [2.45, 2.75) is 20.4 Å². The van der Waals surface area contributed by atoms with Crippen molar-refractivity contribution in [3.8, 4) is 0 Å². The Balaban J connectivity index is 1.60. The maximum absolute atomic E-state index is 5.38. The van der Waals surface area contributed by atoms with Crippen molar-refractivity contribution < 1.29 is 0 Å². The first kappa shape index (κ1) is 17.6. The first-order valence-electron chi connectivity index (χ1n) is 7.92. The summed E-state index contributed by atoms with van der Waals surface area (Å²) in [6.45, 7) is 4.85. The summed E-state index contributed by atoms with van der Waals surface area (Å²) in [6.07, 6.45) is 1.93. The van der Waals surface area contributed by atoms with E-state index in [-0.39, 0.29) is 0 Å². The molecule has 0 spiro atoms. The van der Waals surface area contributed by atoms with Gasteiger partial charge in [-0.05, 0) is 67.0 Å². The van der Waals surface area contributed by atoms with Crippen LogP contribution >= 0.6 is 28.1 Å². The number of thiocarbonyl (C=S) groups is 1. The Morgan fingerprint density at radius 2 is 1.72 bits per heavy atom. The van der Waals surface area contributed by atoms with Crippen molar-refractivity contribution in [2.24, 2.45) is 0 Å². The minimum Gasteiger partial charge on any atom is -0.332 e. The topological polar surface area (TPSA) is 41.9 Å². The summed E-state index contributed by atoms with van der Waals surface area (Å²) in [5, 5.41) is 11.4. The first-order valence-corrected chi connectivity index (χ1v) is 9.12. The molecule has 0 aliphatic heterocycles. The zero-order valence-electron chi connectivity index (χ0n) is 14.1. The number of hydrogen-bond donors (Lipinski definition) is 2. The molecule has 0 aliphatic rings. The molecular formula is C19H19BrN4S. The fourth-order valence-corrected chi connectivity index (χ4v) is 3.11. The van der Waals surface area contributed by atoms with E-state index in [1.807, 2.05) is 29.1 Å². The molecule has 3 rings (SSSR count). The summed E-state index contributed by atoms with van der Waals surface area (Å²) in [6, 6.07) is 16.4. The average Bonchev–Trinajstić information content (AvgIpc) is 2.95. The van der Waals surface area contributed by atoms with Gasteiger partial charge in [-0.2, -0.15) is 5.10 Å². The second-order valence-electron chi connectivity index (χ2n) is 5.98. The van der Waals surface area contributed by atoms with Crippen LogP contribution in [0.1, 0.15) is 16.7 Å². The van der Waals surface area contributed by atoms with Crippen molar-refractivity contribution in [3.05, 3.63) is 75.9 Å². The molecule has 3 aromatic rings. The van der Waals surface area contributed by atoms with Gasteiger partial charge in [-0.15, -0.1) is 0 Å². The van der Waals surface area contributed by atoms with Gasteiger partial charge < -0.3 is 10.6 Å². The summed E-state index contributed by atoms with van der Waals surface area (Å²) in [5.74, 6) is 0.721. The maximum atomic E-state index is 5.38. The quantitative estimate of drug-likeness (QED) is 0.581. The molecule has 0 fully saturated rings. The standard InChI is InChI=1S/C19H19BrN4S/c1-13-9-14(2)11-17(10-13)21-19(25)22-18-7-8-24(23-18)12-15-3-5-16(20)6-4-15/h3-11H,12H2,1-2H3,(H2,21,22,23,25). The third kappa shape index (κ3) is 5.14. The van der Waals surface area contributed by atoms with E-state index in [0.717, 1.165) is 16.0 Å². The van der Waals surface area contributed by atoms with Gasteiger partial charge in [0.15, 0.2) is 10.9 Å². The molecule has 0 amide bonds. The van der Waals surface area contributed by atoms with Gasteiger partial charge in [-0.25, -0.2) is 0 Å². The lowest BCUT2D eigenvalue weighted by Gasteiger charge is -2.10. The van der Waals surface area contributed by atoms with Crippen LogP contribution in [0.3, 0.4) is 0 Å². The number of benzene rings is 2. The van der Waals surface area contributed by atoms with Gasteiger partial charge in [0, 0.05) is 22.4 Å². The first-order chi connectivity index (χ1) is 12.0. The molecule has 0 saturated carbocycles. The van der Waals surface area contributed by atoms with Crippen molar-refractivity contribution in [2.75, 3.05) is 10.6 Å². The summed E-state index contributed by atoms with van der Waals surface area (Å²) in [5.41, 5.74) is 4.56. The number of nitrogens with zero attached hydrogens (tertiary/aromatic N) is 2. The second-order valence-corrected chi connectivity index (χ2v) is 7.30. The number of nitrogens with one attached hydrogen (secondary N) is 2. The normalized spacial score (nSPS) is 10.5. The number of anilines is 2. The minimum atomic E-state index is 0.527. The predicted molar refractivity (Wildman–Crippen MR) is 111 cm³/mol. The highest BCUT2D eigenvalue weighted by atomic mass is 79.9. The summed E-state index contributed by atoms with van der Waals surface area (Å²) >= 11 is 8.83. The van der Waals surface area contributed by atoms with Gasteiger partial charge in [0.1, 0.15) is 0 Å². The Bertz CT molecular complexity index is 866. The highest BCUT2D eigenvalue weighted by Crippen LogP contribution is 2.15. The third-order valence-electron chi connectivity index (χ3n) is 3.62. The molecule has 0 atom stereocenters. The fraction of sp³-hybridized carbons (Fsp3) is 0.158. The van der Waals surface area contributed by atoms with Crippen molar-refractivity contribution in [1.82, 2.24) is 9.78 Å². The molecule has 6 heteroatoms. The van der Waals surface area contributed by atoms with Crippen LogP contribution in [-0.2, 0) is 6.54 Å². The van der Waals surface area contributed by atoms with Crippen LogP contribution in [0.4, 0.5) is 11.5 Å². The van der Waals surface area contributed by atoms with Gasteiger partial charge in [0.05, 0.1) is 6.54 Å². The fourth-order valence-electron chi connectivity index (χ4n) is 2.62. The molecule has 2 aromatic carbocycles. The van der Waals surface area contributed by atoms with Crippen LogP contribution in [-0.4, -0.2) is 14.9 Å². The zero-order valence-corrected chi connectivity index (χ0v) is 16.5. The Labute approximate surface area is 161 Å². The van der Waals surface area contributed by atoms with Gasteiger partial charge in [-0.3, -0.25) is 4.68 Å². The van der Waals surface area contributed by atoms with E-state index in [1.54, 1.807) is 0 Å². The summed E-state index contributed by atoms with van der Waals surface area (Å²) in [7, 11) is 0. The molecule has 25 heavy (non-hydrogen) atoms. The van der Waals surface area contributed by atoms with Crippen LogP contribution in [0.15, 0.2) is 59.2 Å². The predicted octanol–water partition coefficient (Wildman–Crippen LogP) is 5.12. The van der Waals surface area contributed by atoms with Crippen LogP contribution in [0.25, 0.3) is 0 Å². The van der Waals surface area contributed by atoms with E-state index < -0.39 is 0 Å². The molecule has 1 aromatic heterocycles. The Morgan fingerprint density at radius 1 is 1.04 bits per heavy atom. The largest absolute Gasteiger partial charge is 0.332 e. The second kappa shape index (κ2) is 7.80. The highest BCUT2D eigenvalue weighted by Gasteiger charge is 2.04. The van der Waals surface area contributed by atoms with Crippen LogP contribution in [0.5, 0.6) is 0 Å². The lowest BCUT2D eigenvalue weighted by molar-refractivity contribution is 0.690. The third-order valence-corrected chi connectivity index (χ3v) is 4.35. The number of rotatable bonds is 4. The van der Waals surface area contributed by atoms with Gasteiger partial charge in [0.2, 0.25) is 0 Å². The van der Waals surface area contributed by atoms with Crippen molar-refractivity contribution in [3.63, 3.8) is 0 Å². The highest BCUT2D eigenvalue weighted by molar-refractivity contribution is 9.10. The Kier molecular flexibility index (Phi) is 5.50. The van der Waals surface area contributed by atoms with Gasteiger partial charge >= 0.3 is 0 Å². The van der Waals surface area contributed by atoms with E-state index in [2.05, 4.69) is 75.8 Å². The van der Waals surface area contributed by atoms with Gasteiger partial charge in [-0.1, -0.05) is 34.1 Å². The van der Waals surface area contributed by atoms with Crippen molar-refractivity contribution in [1.29, 1.82) is 0 Å². The number of aryl methyl sites for hydroxylation is 2. The summed E-state index contributed by atoms with van der Waals surface area (Å²) < 4.78 is 2.95. The minimum absolute atomic E-state index is 0.527. The zero-order chi connectivity index (χ0) is 17.8. The summed E-state index contributed by atoms with van der Waals surface area (Å²) in [4.78, 5) is 0. The van der Waals surface area contributed by atoms with Gasteiger partial charge in [0.25, 0.3) is 0 Å². The number of halogens is 1. The SMILES string of the molecule is Cc1cc(C)cc(NC(=S)Nc2ccn(Cc3ccc(Br)cc3)n2)c1. The van der Waals surface area contributed by atoms with E-state index in [4.69, 9.17) is 12.2 Å². The maximum Gasteiger partial charge on any atom is 0.176 e. The molecule has 0 aliphatic carbocycles. The smallest absolute Gasteiger partial charge is 0.176 e. The van der Waals surface area contributed by atoms with E-state index in [9.17, 15) is 0 Å². The van der Waals surface area contributed by atoms with E-state index in [1.165, 1.54) is 16.7 Å².